The van der Waals surface area contributed by atoms with Crippen LogP contribution in [-0.2, 0) is 19.4 Å². The van der Waals surface area contributed by atoms with Gasteiger partial charge in [-0.25, -0.2) is 8.42 Å². The number of fused-ring (bicyclic) bond motifs is 5. The zero-order valence-corrected chi connectivity index (χ0v) is 18.5. The Balaban J connectivity index is 0.00000272. The summed E-state index contributed by atoms with van der Waals surface area (Å²) < 4.78 is 80.7. The van der Waals surface area contributed by atoms with Crippen LogP contribution in [0.5, 0.6) is 0 Å². The molecule has 4 aliphatic rings. The molecule has 4 fully saturated rings. The molecular weight excluding hydrogens is 363 g/mol. The van der Waals surface area contributed by atoms with E-state index in [0.717, 1.165) is 6.42 Å². The van der Waals surface area contributed by atoms with Gasteiger partial charge in [0, 0.05) is 17.3 Å². The quantitative estimate of drug-likeness (QED) is 0.384. The van der Waals surface area contributed by atoms with Gasteiger partial charge in [0.25, 0.3) is 0 Å². The van der Waals surface area contributed by atoms with Crippen LogP contribution in [0.3, 0.4) is 0 Å². The van der Waals surface area contributed by atoms with Gasteiger partial charge in [-0.15, -0.1) is 0 Å². The molecule has 0 bridgehead atoms. The van der Waals surface area contributed by atoms with E-state index in [-0.39, 0.29) is 64.9 Å². The molecule has 142 valence electrons. The normalized spacial score (nSPS) is 57.7. The molecule has 4 rings (SSSR count). The predicted octanol–water partition coefficient (Wildman–Crippen LogP) is 0.448. The minimum Gasteiger partial charge on any atom is -0.726 e. The zero-order valence-electron chi connectivity index (χ0n) is 20.7. The summed E-state index contributed by atoms with van der Waals surface area (Å²) in [4.78, 5) is 12.5. The molecule has 0 aromatic rings. The summed E-state index contributed by atoms with van der Waals surface area (Å²) in [7, 11) is -5.49. The topological polar surface area (TPSA) is 83.5 Å². The van der Waals surface area contributed by atoms with Gasteiger partial charge in [-0.1, -0.05) is 13.8 Å². The molecule has 0 radical (unpaired) electrons. The average molecular weight is 398 g/mol. The van der Waals surface area contributed by atoms with Gasteiger partial charge >= 0.3 is 29.6 Å². The first-order valence-electron chi connectivity index (χ1n) is 11.7. The van der Waals surface area contributed by atoms with E-state index in [1.54, 1.807) is 0 Å². The van der Waals surface area contributed by atoms with Gasteiger partial charge in [-0.2, -0.15) is 0 Å². The van der Waals surface area contributed by atoms with Crippen LogP contribution >= 0.6 is 0 Å². The van der Waals surface area contributed by atoms with Gasteiger partial charge in [0.1, 0.15) is 5.78 Å². The van der Waals surface area contributed by atoms with Crippen LogP contribution in [0.25, 0.3) is 0 Å². The first-order chi connectivity index (χ1) is 13.5. The number of hydrogen-bond donors (Lipinski definition) is 0. The fraction of sp³-hybridized carbons (Fsp3) is 0.947. The maximum atomic E-state index is 12.5. The average Bonchev–Trinajstić information content (AvgIpc) is 2.87. The Morgan fingerprint density at radius 2 is 1.92 bits per heavy atom. The van der Waals surface area contributed by atoms with Crippen molar-refractivity contribution in [3.05, 3.63) is 0 Å². The maximum absolute atomic E-state index is 12.5. The van der Waals surface area contributed by atoms with Gasteiger partial charge in [0.05, 0.1) is 7.45 Å². The Labute approximate surface area is 186 Å². The third kappa shape index (κ3) is 3.37. The number of hydrogen-bond acceptors (Lipinski definition) is 5. The Kier molecular flexibility index (Phi) is 4.20. The van der Waals surface area contributed by atoms with E-state index >= 15 is 0 Å². The molecule has 0 spiro atoms. The predicted molar refractivity (Wildman–Crippen MR) is 91.3 cm³/mol. The Hall–Kier alpha value is 0.540. The van der Waals surface area contributed by atoms with Crippen molar-refractivity contribution in [2.45, 2.75) is 77.6 Å². The Bertz CT molecular complexity index is 885. The van der Waals surface area contributed by atoms with Crippen LogP contribution in [0.2, 0.25) is 0 Å². The van der Waals surface area contributed by atoms with Gasteiger partial charge in [-0.3, -0.25) is 8.98 Å². The summed E-state index contributed by atoms with van der Waals surface area (Å²) in [5, 5.41) is 0. The minimum atomic E-state index is -5.49. The molecule has 4 saturated carbocycles. The van der Waals surface area contributed by atoms with Gasteiger partial charge in [0.15, 0.2) is 0 Å². The molecule has 0 aromatic carbocycles. The largest absolute Gasteiger partial charge is 1.00 e. The first kappa shape index (κ1) is 15.4. The number of carbonyl (C=O) groups excluding carboxylic acids is 1. The summed E-state index contributed by atoms with van der Waals surface area (Å²) in [6.07, 6.45) is -5.09. The standard InChI is InChI=1S/C19H30O5S.Na/c1-18-9-7-13(24-25(21,22)23)11-12(18)3-4-14-15-5-6-17(20)19(15,2)10-8-16(14)18;/h12-16H,3-11H2,1-2H3,(H,21,22,23);/q;+1/p-1/t12-,13-,14+,15+,16+,18+,19+;/m1./s1/i7D2,11D2,13D;. The summed E-state index contributed by atoms with van der Waals surface area (Å²) in [5.74, 6) is -0.203. The van der Waals surface area contributed by atoms with Gasteiger partial charge in [-0.05, 0) is 80.4 Å². The second-order valence-corrected chi connectivity index (χ2v) is 9.73. The number of rotatable bonds is 2. The fourth-order valence-electron chi connectivity index (χ4n) is 6.35. The van der Waals surface area contributed by atoms with E-state index in [2.05, 4.69) is 4.18 Å². The summed E-state index contributed by atoms with van der Waals surface area (Å²) in [5.41, 5.74) is -1.20. The molecule has 0 unspecified atom stereocenters. The van der Waals surface area contributed by atoms with Crippen LogP contribution in [0.4, 0.5) is 0 Å². The third-order valence-electron chi connectivity index (χ3n) is 7.70. The van der Waals surface area contributed by atoms with Crippen molar-refractivity contribution in [1.29, 1.82) is 0 Å². The van der Waals surface area contributed by atoms with Gasteiger partial charge < -0.3 is 4.55 Å². The molecule has 0 N–H and O–H groups in total. The van der Waals surface area contributed by atoms with Crippen molar-refractivity contribution in [3.8, 4) is 0 Å². The van der Waals surface area contributed by atoms with Gasteiger partial charge in [0.2, 0.25) is 10.4 Å². The van der Waals surface area contributed by atoms with Crippen molar-refractivity contribution < 1.29 is 58.4 Å². The Morgan fingerprint density at radius 1 is 1.19 bits per heavy atom. The summed E-state index contributed by atoms with van der Waals surface area (Å²) in [6, 6.07) is 0. The van der Waals surface area contributed by atoms with Crippen LogP contribution in [-0.4, -0.2) is 24.8 Å². The molecular formula is C19H29NaO5S. The molecule has 7 heteroatoms. The zero-order chi connectivity index (χ0) is 22.5. The molecule has 26 heavy (non-hydrogen) atoms. The molecule has 5 nitrogen and oxygen atoms in total. The Morgan fingerprint density at radius 3 is 2.62 bits per heavy atom. The second-order valence-electron chi connectivity index (χ2n) is 8.75. The van der Waals surface area contributed by atoms with Crippen LogP contribution in [0.15, 0.2) is 0 Å². The molecule has 0 aromatic heterocycles. The molecule has 7 atom stereocenters. The minimum absolute atomic E-state index is 0. The fourth-order valence-corrected chi connectivity index (χ4v) is 6.67. The van der Waals surface area contributed by atoms with E-state index < -0.39 is 40.6 Å². The number of Topliss-reactive ketones (excluding diaryl/α,β-unsaturated/α-hetero) is 1. The van der Waals surface area contributed by atoms with E-state index in [4.69, 9.17) is 6.85 Å². The van der Waals surface area contributed by atoms with Crippen molar-refractivity contribution in [3.63, 3.8) is 0 Å². The van der Waals surface area contributed by atoms with Crippen LogP contribution < -0.4 is 29.6 Å². The molecule has 0 amide bonds. The molecule has 0 saturated heterocycles. The molecule has 0 heterocycles. The SMILES string of the molecule is [2H]C1([2H])C[C@@]2(C)[C@H](CC[C@@H]3[C@@H]2CC[C@]2(C)C(=O)CC[C@@H]32)C([2H])([2H])[C@]1([2H])OS(=O)(=O)[O-].[Na+]. The maximum Gasteiger partial charge on any atom is 1.00 e. The second kappa shape index (κ2) is 7.10. The summed E-state index contributed by atoms with van der Waals surface area (Å²) in [6.45, 7) is 3.87. The third-order valence-corrected chi connectivity index (χ3v) is 8.07. The smallest absolute Gasteiger partial charge is 0.726 e. The molecule has 4 aliphatic carbocycles. The van der Waals surface area contributed by atoms with E-state index in [9.17, 15) is 17.8 Å². The van der Waals surface area contributed by atoms with E-state index in [0.29, 0.717) is 32.1 Å². The van der Waals surface area contributed by atoms with Crippen LogP contribution in [0.1, 0.15) is 78.4 Å². The molecule has 0 aliphatic heterocycles. The first-order valence-corrected chi connectivity index (χ1v) is 10.5. The summed E-state index contributed by atoms with van der Waals surface area (Å²) >= 11 is 0. The van der Waals surface area contributed by atoms with Crippen molar-refractivity contribution >= 4 is 16.2 Å². The van der Waals surface area contributed by atoms with E-state index in [1.807, 2.05) is 13.8 Å². The van der Waals surface area contributed by atoms with Crippen LogP contribution in [0, 0.1) is 34.5 Å². The number of carbonyl (C=O) groups is 1. The number of ketones is 1. The van der Waals surface area contributed by atoms with Crippen molar-refractivity contribution in [2.75, 3.05) is 0 Å². The van der Waals surface area contributed by atoms with E-state index in [1.165, 1.54) is 0 Å². The monoisotopic (exact) mass is 397 g/mol. The van der Waals surface area contributed by atoms with Crippen molar-refractivity contribution in [2.24, 2.45) is 34.5 Å². The van der Waals surface area contributed by atoms with Crippen molar-refractivity contribution in [1.82, 2.24) is 0 Å².